The van der Waals surface area contributed by atoms with Gasteiger partial charge < -0.3 is 5.32 Å². The molecule has 1 heterocycles. The van der Waals surface area contributed by atoms with Crippen LogP contribution >= 0.6 is 11.6 Å². The number of nitrogens with zero attached hydrogens (tertiary/aromatic N) is 1. The smallest absolute Gasteiger partial charge is 0.282 e. The van der Waals surface area contributed by atoms with Gasteiger partial charge in [-0.25, -0.2) is 9.29 Å². The third-order valence-corrected chi connectivity index (χ3v) is 5.90. The second kappa shape index (κ2) is 8.00. The fourth-order valence-corrected chi connectivity index (χ4v) is 3.68. The minimum Gasteiger partial charge on any atom is -0.350 e. The fourth-order valence-electron chi connectivity index (χ4n) is 3.51. The number of anilines is 2. The maximum atomic E-state index is 13.5. The summed E-state index contributed by atoms with van der Waals surface area (Å²) >= 11 is 6.23. The maximum absolute atomic E-state index is 13.5. The fraction of sp³-hybridized carbons (Fsp3) is 0.120. The summed E-state index contributed by atoms with van der Waals surface area (Å²) in [5.41, 5.74) is 4.63. The van der Waals surface area contributed by atoms with Gasteiger partial charge in [0, 0.05) is 10.7 Å². The van der Waals surface area contributed by atoms with Crippen molar-refractivity contribution in [3.63, 3.8) is 0 Å². The Balaban J connectivity index is 1.85. The molecule has 0 radical (unpaired) electrons. The second-order valence-electron chi connectivity index (χ2n) is 7.51. The lowest BCUT2D eigenvalue weighted by atomic mass is 10.0. The Morgan fingerprint density at radius 1 is 0.871 bits per heavy atom. The first-order valence-electron chi connectivity index (χ1n) is 9.76. The van der Waals surface area contributed by atoms with Gasteiger partial charge in [-0.05, 0) is 79.4 Å². The highest BCUT2D eigenvalue weighted by Crippen LogP contribution is 2.35. The molecule has 0 unspecified atom stereocenters. The van der Waals surface area contributed by atoms with Gasteiger partial charge in [-0.15, -0.1) is 0 Å². The highest BCUT2D eigenvalue weighted by atomic mass is 35.5. The summed E-state index contributed by atoms with van der Waals surface area (Å²) in [5, 5.41) is 3.65. The van der Waals surface area contributed by atoms with Crippen LogP contribution in [0.4, 0.5) is 15.8 Å². The highest BCUT2D eigenvalue weighted by molar-refractivity contribution is 6.46. The van der Waals surface area contributed by atoms with Crippen LogP contribution in [0.3, 0.4) is 0 Å². The van der Waals surface area contributed by atoms with Gasteiger partial charge in [-0.3, -0.25) is 9.59 Å². The summed E-state index contributed by atoms with van der Waals surface area (Å²) < 4.78 is 13.5. The Hall–Kier alpha value is -3.44. The zero-order valence-electron chi connectivity index (χ0n) is 17.3. The molecule has 1 aliphatic rings. The molecule has 4 rings (SSSR count). The van der Waals surface area contributed by atoms with E-state index in [1.807, 2.05) is 26.8 Å². The summed E-state index contributed by atoms with van der Waals surface area (Å²) in [6.45, 7) is 5.71. The Bertz CT molecular complexity index is 1250. The van der Waals surface area contributed by atoms with E-state index in [1.54, 1.807) is 30.3 Å². The Morgan fingerprint density at radius 2 is 1.58 bits per heavy atom. The van der Waals surface area contributed by atoms with Crippen LogP contribution in [0.25, 0.3) is 5.57 Å². The average molecular weight is 435 g/mol. The van der Waals surface area contributed by atoms with Crippen molar-refractivity contribution in [1.29, 1.82) is 0 Å². The van der Waals surface area contributed by atoms with Crippen molar-refractivity contribution in [2.75, 3.05) is 10.2 Å². The SMILES string of the molecule is Cc1ccc(N2C(=O)C(Nc3cccc(Cl)c3C)=C(c3ccc(F)cc3)C2=O)cc1C. The number of carbonyl (C=O) groups is 2. The van der Waals surface area contributed by atoms with Gasteiger partial charge in [0.1, 0.15) is 11.5 Å². The number of benzene rings is 3. The van der Waals surface area contributed by atoms with Crippen molar-refractivity contribution in [1.82, 2.24) is 0 Å². The molecule has 1 aliphatic heterocycles. The first kappa shape index (κ1) is 20.8. The van der Waals surface area contributed by atoms with Gasteiger partial charge in [0.25, 0.3) is 11.8 Å². The third-order valence-electron chi connectivity index (χ3n) is 5.49. The number of nitrogens with one attached hydrogen (secondary N) is 1. The number of halogens is 2. The van der Waals surface area contributed by atoms with Crippen LogP contribution in [0.5, 0.6) is 0 Å². The van der Waals surface area contributed by atoms with E-state index in [-0.39, 0.29) is 11.3 Å². The predicted octanol–water partition coefficient (Wildman–Crippen LogP) is 5.80. The van der Waals surface area contributed by atoms with Gasteiger partial charge in [0.2, 0.25) is 0 Å². The molecule has 3 aromatic carbocycles. The predicted molar refractivity (Wildman–Crippen MR) is 122 cm³/mol. The lowest BCUT2D eigenvalue weighted by Crippen LogP contribution is -2.32. The van der Waals surface area contributed by atoms with Crippen molar-refractivity contribution in [3.05, 3.63) is 99.5 Å². The molecule has 0 saturated heterocycles. The molecular weight excluding hydrogens is 415 g/mol. The lowest BCUT2D eigenvalue weighted by Gasteiger charge is -2.17. The van der Waals surface area contributed by atoms with E-state index in [4.69, 9.17) is 11.6 Å². The van der Waals surface area contributed by atoms with E-state index in [1.165, 1.54) is 24.3 Å². The van der Waals surface area contributed by atoms with E-state index < -0.39 is 17.6 Å². The van der Waals surface area contributed by atoms with Crippen LogP contribution in [0.1, 0.15) is 22.3 Å². The maximum Gasteiger partial charge on any atom is 0.282 e. The van der Waals surface area contributed by atoms with Crippen molar-refractivity contribution in [2.45, 2.75) is 20.8 Å². The summed E-state index contributed by atoms with van der Waals surface area (Å²) in [4.78, 5) is 28.0. The minimum absolute atomic E-state index is 0.125. The van der Waals surface area contributed by atoms with Crippen LogP contribution in [0.15, 0.2) is 66.4 Å². The average Bonchev–Trinajstić information content (AvgIpc) is 2.98. The third kappa shape index (κ3) is 3.73. The van der Waals surface area contributed by atoms with Gasteiger partial charge in [0.05, 0.1) is 11.3 Å². The minimum atomic E-state index is -0.480. The molecular formula is C25H20ClFN2O2. The molecule has 0 aliphatic carbocycles. The molecule has 6 heteroatoms. The van der Waals surface area contributed by atoms with Crippen LogP contribution in [0, 0.1) is 26.6 Å². The number of imide groups is 1. The Kier molecular flexibility index (Phi) is 5.38. The summed E-state index contributed by atoms with van der Waals surface area (Å²) in [7, 11) is 0. The molecule has 1 N–H and O–H groups in total. The highest BCUT2D eigenvalue weighted by Gasteiger charge is 2.40. The summed E-state index contributed by atoms with van der Waals surface area (Å²) in [6, 6.07) is 16.2. The largest absolute Gasteiger partial charge is 0.350 e. The monoisotopic (exact) mass is 434 g/mol. The Morgan fingerprint density at radius 3 is 2.26 bits per heavy atom. The second-order valence-corrected chi connectivity index (χ2v) is 7.92. The van der Waals surface area contributed by atoms with Crippen molar-refractivity contribution < 1.29 is 14.0 Å². The van der Waals surface area contributed by atoms with Crippen molar-refractivity contribution >= 4 is 40.4 Å². The van der Waals surface area contributed by atoms with Gasteiger partial charge in [0.15, 0.2) is 0 Å². The van der Waals surface area contributed by atoms with Crippen LogP contribution in [-0.2, 0) is 9.59 Å². The molecule has 0 fully saturated rings. The Labute approximate surface area is 185 Å². The summed E-state index contributed by atoms with van der Waals surface area (Å²) in [5.74, 6) is -1.37. The molecule has 156 valence electrons. The molecule has 0 spiro atoms. The molecule has 0 atom stereocenters. The van der Waals surface area contributed by atoms with Crippen LogP contribution < -0.4 is 10.2 Å². The van der Waals surface area contributed by atoms with Crippen molar-refractivity contribution in [2.24, 2.45) is 0 Å². The number of hydrogen-bond donors (Lipinski definition) is 1. The number of carbonyl (C=O) groups excluding carboxylic acids is 2. The molecule has 0 aromatic heterocycles. The first-order valence-corrected chi connectivity index (χ1v) is 10.1. The zero-order valence-corrected chi connectivity index (χ0v) is 18.0. The lowest BCUT2D eigenvalue weighted by molar-refractivity contribution is -0.120. The molecule has 4 nitrogen and oxygen atoms in total. The van der Waals surface area contributed by atoms with Gasteiger partial charge >= 0.3 is 0 Å². The summed E-state index contributed by atoms with van der Waals surface area (Å²) in [6.07, 6.45) is 0. The first-order chi connectivity index (χ1) is 14.8. The number of aryl methyl sites for hydroxylation is 2. The molecule has 2 amide bonds. The zero-order chi connectivity index (χ0) is 22.3. The van der Waals surface area contributed by atoms with E-state index in [2.05, 4.69) is 5.32 Å². The van der Waals surface area contributed by atoms with E-state index in [0.717, 1.165) is 21.6 Å². The molecule has 0 bridgehead atoms. The van der Waals surface area contributed by atoms with Gasteiger partial charge in [-0.1, -0.05) is 35.9 Å². The molecule has 31 heavy (non-hydrogen) atoms. The molecule has 0 saturated carbocycles. The number of hydrogen-bond acceptors (Lipinski definition) is 3. The molecule has 3 aromatic rings. The van der Waals surface area contributed by atoms with E-state index >= 15 is 0 Å². The van der Waals surface area contributed by atoms with Gasteiger partial charge in [-0.2, -0.15) is 0 Å². The normalized spacial score (nSPS) is 13.9. The van der Waals surface area contributed by atoms with Crippen LogP contribution in [-0.4, -0.2) is 11.8 Å². The van der Waals surface area contributed by atoms with Crippen molar-refractivity contribution in [3.8, 4) is 0 Å². The topological polar surface area (TPSA) is 49.4 Å². The van der Waals surface area contributed by atoms with E-state index in [9.17, 15) is 14.0 Å². The number of amides is 2. The van der Waals surface area contributed by atoms with E-state index in [0.29, 0.717) is 22.0 Å². The quantitative estimate of drug-likeness (QED) is 0.528. The number of rotatable bonds is 4. The standard InChI is InChI=1S/C25H20ClFN2O2/c1-14-7-12-19(13-15(14)2)29-24(30)22(17-8-10-18(27)11-9-17)23(25(29)31)28-21-6-4-5-20(26)16(21)3/h4-13,28H,1-3H3. The van der Waals surface area contributed by atoms with Crippen LogP contribution in [0.2, 0.25) is 5.02 Å².